The molecule has 2 aliphatic rings. The number of carbonyl (C=O) groups is 3. The standard InChI is InChI=1S/C10H12N2O5S/c1-4(14)11-9-5(3-13)8(10(16)17)12-6(15)2-7(12)18-9/h7,9,13H,2-3H2,1H3,(H,11,14)(H,16,17)/t7-,9?/m1/s1. The first-order valence-electron chi connectivity index (χ1n) is 5.27. The number of nitrogens with one attached hydrogen (secondary N) is 1. The molecule has 2 rings (SSSR count). The molecule has 2 amide bonds. The number of nitrogens with zero attached hydrogens (tertiary/aromatic N) is 1. The molecule has 7 nitrogen and oxygen atoms in total. The average Bonchev–Trinajstić information content (AvgIpc) is 2.26. The molecule has 0 aromatic carbocycles. The first-order valence-corrected chi connectivity index (χ1v) is 6.21. The van der Waals surface area contributed by atoms with E-state index in [-0.39, 0.29) is 34.9 Å². The van der Waals surface area contributed by atoms with Gasteiger partial charge in [0.15, 0.2) is 0 Å². The number of carboxylic acids is 1. The molecule has 0 spiro atoms. The molecule has 0 bridgehead atoms. The van der Waals surface area contributed by atoms with Gasteiger partial charge in [-0.25, -0.2) is 4.79 Å². The summed E-state index contributed by atoms with van der Waals surface area (Å²) in [6, 6.07) is 0. The average molecular weight is 272 g/mol. The molecule has 2 aliphatic heterocycles. The Morgan fingerprint density at radius 2 is 2.22 bits per heavy atom. The van der Waals surface area contributed by atoms with Crippen LogP contribution in [-0.2, 0) is 14.4 Å². The van der Waals surface area contributed by atoms with E-state index in [1.807, 2.05) is 0 Å². The first kappa shape index (κ1) is 12.9. The number of carboxylic acid groups (broad SMARTS) is 1. The third-order valence-corrected chi connectivity index (χ3v) is 4.13. The maximum absolute atomic E-state index is 11.4. The van der Waals surface area contributed by atoms with Gasteiger partial charge in [-0.15, -0.1) is 11.8 Å². The minimum atomic E-state index is -1.27. The van der Waals surface area contributed by atoms with E-state index in [0.717, 1.165) is 4.90 Å². The zero-order valence-electron chi connectivity index (χ0n) is 9.54. The van der Waals surface area contributed by atoms with Crippen molar-refractivity contribution in [2.75, 3.05) is 6.61 Å². The van der Waals surface area contributed by atoms with Crippen molar-refractivity contribution < 1.29 is 24.6 Å². The van der Waals surface area contributed by atoms with E-state index in [1.165, 1.54) is 18.7 Å². The minimum absolute atomic E-state index is 0.145. The summed E-state index contributed by atoms with van der Waals surface area (Å²) in [6.07, 6.45) is 0.246. The minimum Gasteiger partial charge on any atom is -0.477 e. The van der Waals surface area contributed by atoms with Crippen molar-refractivity contribution in [3.8, 4) is 0 Å². The molecule has 0 aliphatic carbocycles. The summed E-state index contributed by atoms with van der Waals surface area (Å²) in [4.78, 5) is 34.8. The molecule has 2 atom stereocenters. The molecule has 18 heavy (non-hydrogen) atoms. The van der Waals surface area contributed by atoms with Crippen LogP contribution >= 0.6 is 11.8 Å². The molecule has 0 aromatic heterocycles. The van der Waals surface area contributed by atoms with Crippen molar-refractivity contribution in [3.63, 3.8) is 0 Å². The molecule has 0 radical (unpaired) electrons. The maximum Gasteiger partial charge on any atom is 0.352 e. The quantitative estimate of drug-likeness (QED) is 0.574. The highest BCUT2D eigenvalue weighted by molar-refractivity contribution is 8.00. The van der Waals surface area contributed by atoms with Gasteiger partial charge in [-0.2, -0.15) is 0 Å². The summed E-state index contributed by atoms with van der Waals surface area (Å²) < 4.78 is 0. The Bertz CT molecular complexity index is 461. The van der Waals surface area contributed by atoms with E-state index >= 15 is 0 Å². The van der Waals surface area contributed by atoms with Gasteiger partial charge in [0.2, 0.25) is 11.8 Å². The zero-order valence-corrected chi connectivity index (χ0v) is 10.4. The van der Waals surface area contributed by atoms with Crippen LogP contribution in [0.2, 0.25) is 0 Å². The van der Waals surface area contributed by atoms with E-state index in [2.05, 4.69) is 5.32 Å². The van der Waals surface area contributed by atoms with Crippen LogP contribution < -0.4 is 5.32 Å². The highest BCUT2D eigenvalue weighted by atomic mass is 32.2. The predicted molar refractivity (Wildman–Crippen MR) is 62.2 cm³/mol. The molecule has 0 aromatic rings. The van der Waals surface area contributed by atoms with Crippen LogP contribution in [0.3, 0.4) is 0 Å². The van der Waals surface area contributed by atoms with Gasteiger partial charge in [-0.05, 0) is 0 Å². The lowest BCUT2D eigenvalue weighted by molar-refractivity contribution is -0.146. The Labute approximate surface area is 107 Å². The largest absolute Gasteiger partial charge is 0.477 e. The molecular weight excluding hydrogens is 260 g/mol. The number of aliphatic carboxylic acids is 1. The molecule has 1 unspecified atom stereocenters. The Kier molecular flexibility index (Phi) is 3.31. The van der Waals surface area contributed by atoms with E-state index in [0.29, 0.717) is 0 Å². The van der Waals surface area contributed by atoms with Crippen LogP contribution in [0.15, 0.2) is 11.3 Å². The zero-order chi connectivity index (χ0) is 13.4. The van der Waals surface area contributed by atoms with Gasteiger partial charge in [0.05, 0.1) is 18.4 Å². The summed E-state index contributed by atoms with van der Waals surface area (Å²) in [5.41, 5.74) is -0.0664. The van der Waals surface area contributed by atoms with Crippen molar-refractivity contribution in [2.24, 2.45) is 0 Å². The smallest absolute Gasteiger partial charge is 0.352 e. The second kappa shape index (κ2) is 4.62. The maximum atomic E-state index is 11.4. The van der Waals surface area contributed by atoms with Gasteiger partial charge in [-0.1, -0.05) is 0 Å². The van der Waals surface area contributed by atoms with Crippen molar-refractivity contribution >= 4 is 29.5 Å². The Hall–Kier alpha value is -1.54. The third kappa shape index (κ3) is 1.97. The molecular formula is C10H12N2O5S. The topological polar surface area (TPSA) is 107 Å². The van der Waals surface area contributed by atoms with Gasteiger partial charge < -0.3 is 15.5 Å². The fraction of sp³-hybridized carbons (Fsp3) is 0.500. The Morgan fingerprint density at radius 1 is 1.56 bits per heavy atom. The number of aliphatic hydroxyl groups excluding tert-OH is 1. The van der Waals surface area contributed by atoms with Crippen molar-refractivity contribution in [3.05, 3.63) is 11.3 Å². The Balaban J connectivity index is 2.40. The lowest BCUT2D eigenvalue weighted by Crippen LogP contribution is -2.57. The lowest BCUT2D eigenvalue weighted by Gasteiger charge is -2.46. The van der Waals surface area contributed by atoms with Gasteiger partial charge in [-0.3, -0.25) is 14.5 Å². The molecule has 1 fully saturated rings. The number of hydrogen-bond donors (Lipinski definition) is 3. The monoisotopic (exact) mass is 272 g/mol. The molecule has 3 N–H and O–H groups in total. The Morgan fingerprint density at radius 3 is 2.67 bits per heavy atom. The fourth-order valence-corrected chi connectivity index (χ4v) is 3.47. The number of β-lactam (4-membered cyclic amide) rings is 1. The third-order valence-electron chi connectivity index (χ3n) is 2.77. The van der Waals surface area contributed by atoms with Gasteiger partial charge >= 0.3 is 5.97 Å². The normalized spacial score (nSPS) is 26.6. The predicted octanol–water partition coefficient (Wildman–Crippen LogP) is -0.915. The highest BCUT2D eigenvalue weighted by Gasteiger charge is 2.48. The number of rotatable bonds is 3. The van der Waals surface area contributed by atoms with E-state index in [4.69, 9.17) is 5.11 Å². The summed E-state index contributed by atoms with van der Waals surface area (Å²) in [5.74, 6) is -1.87. The van der Waals surface area contributed by atoms with E-state index in [9.17, 15) is 19.5 Å². The van der Waals surface area contributed by atoms with E-state index < -0.39 is 18.0 Å². The highest BCUT2D eigenvalue weighted by Crippen LogP contribution is 2.42. The van der Waals surface area contributed by atoms with Gasteiger partial charge in [0, 0.05) is 12.5 Å². The van der Waals surface area contributed by atoms with Crippen molar-refractivity contribution in [1.82, 2.24) is 10.2 Å². The lowest BCUT2D eigenvalue weighted by atomic mass is 10.1. The molecule has 0 saturated carbocycles. The summed E-state index contributed by atoms with van der Waals surface area (Å²) in [5, 5.41) is 20.1. The van der Waals surface area contributed by atoms with Crippen LogP contribution in [0.1, 0.15) is 13.3 Å². The second-order valence-corrected chi connectivity index (χ2v) is 5.26. The molecule has 2 heterocycles. The first-order chi connectivity index (χ1) is 8.45. The molecule has 98 valence electrons. The van der Waals surface area contributed by atoms with Crippen LogP contribution in [-0.4, -0.2) is 50.3 Å². The second-order valence-electron chi connectivity index (χ2n) is 3.98. The summed E-state index contributed by atoms with van der Waals surface area (Å²) >= 11 is 1.26. The summed E-state index contributed by atoms with van der Waals surface area (Å²) in [6.45, 7) is 0.796. The van der Waals surface area contributed by atoms with Crippen LogP contribution in [0.5, 0.6) is 0 Å². The summed E-state index contributed by atoms with van der Waals surface area (Å²) in [7, 11) is 0. The van der Waals surface area contributed by atoms with Crippen molar-refractivity contribution in [1.29, 1.82) is 0 Å². The molecule has 1 saturated heterocycles. The number of fused-ring (bicyclic) bond motifs is 1. The number of carbonyl (C=O) groups excluding carboxylic acids is 2. The number of aliphatic hydroxyl groups is 1. The number of thioether (sulfide) groups is 1. The van der Waals surface area contributed by atoms with Crippen molar-refractivity contribution in [2.45, 2.75) is 24.1 Å². The van der Waals surface area contributed by atoms with Gasteiger partial charge in [0.1, 0.15) is 11.1 Å². The molecule has 8 heteroatoms. The fourth-order valence-electron chi connectivity index (χ4n) is 1.99. The number of amides is 2. The van der Waals surface area contributed by atoms with Gasteiger partial charge in [0.25, 0.3) is 0 Å². The van der Waals surface area contributed by atoms with E-state index in [1.54, 1.807) is 0 Å². The number of hydrogen-bond acceptors (Lipinski definition) is 5. The van der Waals surface area contributed by atoms with Crippen LogP contribution in [0.25, 0.3) is 0 Å². The SMILES string of the molecule is CC(=O)NC1S[C@@H]2CC(=O)N2C(C(=O)O)=C1CO. The van der Waals surface area contributed by atoms with Crippen LogP contribution in [0.4, 0.5) is 0 Å². The van der Waals surface area contributed by atoms with Crippen LogP contribution in [0, 0.1) is 0 Å².